The lowest BCUT2D eigenvalue weighted by molar-refractivity contribution is -0.191. The Morgan fingerprint density at radius 1 is 0.857 bits per heavy atom. The minimum Gasteiger partial charge on any atom is -0.469 e. The summed E-state index contributed by atoms with van der Waals surface area (Å²) in [5.41, 5.74) is 3.32. The van der Waals surface area contributed by atoms with Crippen LogP contribution in [0.15, 0.2) is 78.9 Å². The van der Waals surface area contributed by atoms with Gasteiger partial charge in [0.1, 0.15) is 11.2 Å². The SMILES string of the molecule is CCCC(NC(=O)N1C(=O)C(CC)(CC)[C@@H]1Oc1ccc(CNC(=O)NCc2ccccc2)cc1)c1ccc(C)cc1. The Bertz CT molecular complexity index is 1340. The van der Waals surface area contributed by atoms with Crippen LogP contribution < -0.4 is 20.7 Å². The van der Waals surface area contributed by atoms with Gasteiger partial charge in [-0.05, 0) is 55.0 Å². The molecule has 1 unspecified atom stereocenters. The first-order valence-corrected chi connectivity index (χ1v) is 14.8. The van der Waals surface area contributed by atoms with Crippen molar-refractivity contribution >= 4 is 18.0 Å². The number of hydrogen-bond donors (Lipinski definition) is 3. The molecule has 42 heavy (non-hydrogen) atoms. The van der Waals surface area contributed by atoms with E-state index in [9.17, 15) is 14.4 Å². The van der Waals surface area contributed by atoms with E-state index in [4.69, 9.17) is 4.74 Å². The molecule has 1 fully saturated rings. The number of amides is 5. The van der Waals surface area contributed by atoms with Gasteiger partial charge in [0.2, 0.25) is 5.91 Å². The predicted molar refractivity (Wildman–Crippen MR) is 164 cm³/mol. The van der Waals surface area contributed by atoms with Gasteiger partial charge in [0.05, 0.1) is 6.04 Å². The number of likely N-dealkylation sites (tertiary alicyclic amines) is 1. The first-order chi connectivity index (χ1) is 20.3. The molecule has 3 aromatic carbocycles. The van der Waals surface area contributed by atoms with Gasteiger partial charge in [-0.2, -0.15) is 0 Å². The molecule has 0 radical (unpaired) electrons. The van der Waals surface area contributed by atoms with Gasteiger partial charge in [0, 0.05) is 13.1 Å². The Kier molecular flexibility index (Phi) is 10.2. The molecule has 1 saturated heterocycles. The monoisotopic (exact) mass is 570 g/mol. The normalized spacial score (nSPS) is 16.2. The minimum absolute atomic E-state index is 0.202. The van der Waals surface area contributed by atoms with Crippen molar-refractivity contribution in [3.63, 3.8) is 0 Å². The van der Waals surface area contributed by atoms with Crippen LogP contribution in [0.5, 0.6) is 5.75 Å². The summed E-state index contributed by atoms with van der Waals surface area (Å²) in [6, 6.07) is 24.3. The van der Waals surface area contributed by atoms with Crippen molar-refractivity contribution in [2.45, 2.75) is 78.7 Å². The molecule has 0 saturated carbocycles. The number of carbonyl (C=O) groups is 3. The summed E-state index contributed by atoms with van der Waals surface area (Å²) >= 11 is 0. The molecule has 0 aromatic heterocycles. The van der Waals surface area contributed by atoms with Crippen LogP contribution in [0.3, 0.4) is 0 Å². The number of carbonyl (C=O) groups excluding carboxylic acids is 3. The van der Waals surface area contributed by atoms with Crippen molar-refractivity contribution in [3.05, 3.63) is 101 Å². The van der Waals surface area contributed by atoms with Crippen LogP contribution in [0.4, 0.5) is 9.59 Å². The number of aryl methyl sites for hydroxylation is 1. The average molecular weight is 571 g/mol. The summed E-state index contributed by atoms with van der Waals surface area (Å²) in [4.78, 5) is 40.3. The average Bonchev–Trinajstić information content (AvgIpc) is 3.01. The first kappa shape index (κ1) is 30.6. The summed E-state index contributed by atoms with van der Waals surface area (Å²) in [7, 11) is 0. The van der Waals surface area contributed by atoms with E-state index < -0.39 is 17.7 Å². The second-order valence-corrected chi connectivity index (χ2v) is 10.9. The van der Waals surface area contributed by atoms with Crippen LogP contribution in [0, 0.1) is 12.3 Å². The number of β-lactam (4-membered cyclic amide) rings is 1. The number of nitrogens with one attached hydrogen (secondary N) is 3. The fourth-order valence-electron chi connectivity index (χ4n) is 5.36. The summed E-state index contributed by atoms with van der Waals surface area (Å²) < 4.78 is 6.33. The van der Waals surface area contributed by atoms with Crippen LogP contribution in [0.25, 0.3) is 0 Å². The third-order valence-corrected chi connectivity index (χ3v) is 8.11. The molecule has 0 bridgehead atoms. The van der Waals surface area contributed by atoms with Crippen molar-refractivity contribution in [1.82, 2.24) is 20.9 Å². The molecule has 1 aliphatic heterocycles. The van der Waals surface area contributed by atoms with E-state index >= 15 is 0 Å². The van der Waals surface area contributed by atoms with E-state index in [0.29, 0.717) is 31.7 Å². The molecule has 3 N–H and O–H groups in total. The van der Waals surface area contributed by atoms with Crippen LogP contribution >= 0.6 is 0 Å². The van der Waals surface area contributed by atoms with Crippen LogP contribution in [0.1, 0.15) is 74.8 Å². The highest BCUT2D eigenvalue weighted by atomic mass is 16.5. The molecule has 0 spiro atoms. The van der Waals surface area contributed by atoms with Crippen molar-refractivity contribution in [3.8, 4) is 5.75 Å². The van der Waals surface area contributed by atoms with Gasteiger partial charge >= 0.3 is 12.1 Å². The fourth-order valence-corrected chi connectivity index (χ4v) is 5.36. The number of imide groups is 1. The minimum atomic E-state index is -0.765. The second kappa shape index (κ2) is 14.0. The van der Waals surface area contributed by atoms with Gasteiger partial charge in [0.25, 0.3) is 0 Å². The highest BCUT2D eigenvalue weighted by Gasteiger charge is 2.63. The largest absolute Gasteiger partial charge is 0.469 e. The number of hydrogen-bond acceptors (Lipinski definition) is 4. The van der Waals surface area contributed by atoms with Gasteiger partial charge in [-0.25, -0.2) is 14.5 Å². The Morgan fingerprint density at radius 2 is 1.45 bits per heavy atom. The first-order valence-electron chi connectivity index (χ1n) is 14.8. The lowest BCUT2D eigenvalue weighted by Gasteiger charge is -2.53. The zero-order valence-electron chi connectivity index (χ0n) is 25.0. The lowest BCUT2D eigenvalue weighted by atomic mass is 9.72. The van der Waals surface area contributed by atoms with E-state index in [1.165, 1.54) is 4.90 Å². The Morgan fingerprint density at radius 3 is 2.02 bits per heavy atom. The summed E-state index contributed by atoms with van der Waals surface area (Å²) in [5.74, 6) is 0.342. The number of rotatable bonds is 12. The molecule has 0 aliphatic carbocycles. The zero-order valence-corrected chi connectivity index (χ0v) is 25.0. The molecule has 5 amide bonds. The van der Waals surface area contributed by atoms with Gasteiger partial charge in [-0.3, -0.25) is 4.79 Å². The predicted octanol–water partition coefficient (Wildman–Crippen LogP) is 6.60. The van der Waals surface area contributed by atoms with Crippen LogP contribution in [0.2, 0.25) is 0 Å². The van der Waals surface area contributed by atoms with Crippen molar-refractivity contribution in [2.24, 2.45) is 5.41 Å². The van der Waals surface area contributed by atoms with E-state index in [2.05, 4.69) is 22.9 Å². The molecule has 2 atom stereocenters. The Labute approximate surface area is 248 Å². The van der Waals surface area contributed by atoms with Crippen LogP contribution in [-0.4, -0.2) is 29.1 Å². The molecule has 222 valence electrons. The summed E-state index contributed by atoms with van der Waals surface area (Å²) in [6.45, 7) is 8.81. The maximum atomic E-state index is 13.5. The number of nitrogens with zero attached hydrogens (tertiary/aromatic N) is 1. The molecule has 8 heteroatoms. The Balaban J connectivity index is 1.39. The quantitative estimate of drug-likeness (QED) is 0.214. The smallest absolute Gasteiger partial charge is 0.327 e. The van der Waals surface area contributed by atoms with Gasteiger partial charge in [-0.15, -0.1) is 0 Å². The van der Waals surface area contributed by atoms with E-state index in [1.54, 1.807) is 12.1 Å². The lowest BCUT2D eigenvalue weighted by Crippen LogP contribution is -2.73. The van der Waals surface area contributed by atoms with Gasteiger partial charge in [0.15, 0.2) is 6.23 Å². The van der Waals surface area contributed by atoms with Crippen molar-refractivity contribution in [2.75, 3.05) is 0 Å². The maximum Gasteiger partial charge on any atom is 0.327 e. The van der Waals surface area contributed by atoms with Gasteiger partial charge < -0.3 is 20.7 Å². The van der Waals surface area contributed by atoms with Crippen LogP contribution in [-0.2, 0) is 17.9 Å². The van der Waals surface area contributed by atoms with Gasteiger partial charge in [-0.1, -0.05) is 99.5 Å². The molecule has 4 rings (SSSR count). The highest BCUT2D eigenvalue weighted by molar-refractivity contribution is 6.03. The number of ether oxygens (including phenoxy) is 1. The molecule has 1 aliphatic rings. The van der Waals surface area contributed by atoms with Crippen molar-refractivity contribution < 1.29 is 19.1 Å². The zero-order chi connectivity index (χ0) is 30.1. The van der Waals surface area contributed by atoms with E-state index in [1.807, 2.05) is 87.5 Å². The topological polar surface area (TPSA) is 99.8 Å². The highest BCUT2D eigenvalue weighted by Crippen LogP contribution is 2.46. The Hall–Kier alpha value is -4.33. The molecular weight excluding hydrogens is 528 g/mol. The third-order valence-electron chi connectivity index (χ3n) is 8.11. The van der Waals surface area contributed by atoms with E-state index in [0.717, 1.165) is 35.1 Å². The second-order valence-electron chi connectivity index (χ2n) is 10.9. The van der Waals surface area contributed by atoms with Crippen molar-refractivity contribution in [1.29, 1.82) is 0 Å². The van der Waals surface area contributed by atoms with E-state index in [-0.39, 0.29) is 18.0 Å². The number of urea groups is 2. The number of benzene rings is 3. The molecule has 1 heterocycles. The fraction of sp³-hybridized carbons (Fsp3) is 0.382. The summed E-state index contributed by atoms with van der Waals surface area (Å²) in [5, 5.41) is 8.79. The molecule has 8 nitrogen and oxygen atoms in total. The summed E-state index contributed by atoms with van der Waals surface area (Å²) in [6.07, 6.45) is 2.05. The molecular formula is C34H42N4O4. The molecule has 3 aromatic rings. The standard InChI is InChI=1S/C34H42N4O4/c1-5-11-29(27-18-14-24(4)15-19-27)37-33(41)38-30(39)34(6-2,7-3)31(38)42-28-20-16-26(17-21-28)23-36-32(40)35-22-25-12-9-8-10-13-25/h8-10,12-21,29,31H,5-7,11,22-23H2,1-4H3,(H,37,41)(H2,35,36,40)/t29?,31-/m0/s1. The third kappa shape index (κ3) is 6.93. The maximum absolute atomic E-state index is 13.5.